The maximum Gasteiger partial charge on any atom is 0.194 e. The number of aryl methyl sites for hydroxylation is 2. The molecule has 3 rings (SSSR count). The van der Waals surface area contributed by atoms with Crippen LogP contribution in [0.3, 0.4) is 0 Å². The zero-order valence-electron chi connectivity index (χ0n) is 20.8. The normalized spacial score (nSPS) is 16.1. The number of rotatable bonds is 10. The second kappa shape index (κ2) is 12.4. The summed E-state index contributed by atoms with van der Waals surface area (Å²) >= 11 is 1.51. The summed E-state index contributed by atoms with van der Waals surface area (Å²) in [4.78, 5) is 18.1. The zero-order valence-corrected chi connectivity index (χ0v) is 21.7. The van der Waals surface area contributed by atoms with E-state index in [1.165, 1.54) is 11.8 Å². The molecule has 0 amide bonds. The molecule has 1 atom stereocenters. The van der Waals surface area contributed by atoms with E-state index in [-0.39, 0.29) is 11.7 Å². The highest BCUT2D eigenvalue weighted by molar-refractivity contribution is 8.03. The maximum absolute atomic E-state index is 10.8. The minimum absolute atomic E-state index is 0.109. The first-order valence-corrected chi connectivity index (χ1v) is 12.9. The molecule has 8 heteroatoms. The summed E-state index contributed by atoms with van der Waals surface area (Å²) in [5.74, 6) is 0.673. The Labute approximate surface area is 211 Å². The average Bonchev–Trinajstić information content (AvgIpc) is 3.03. The molecular formula is C27H36N6OS. The van der Waals surface area contributed by atoms with Crippen LogP contribution in [0.15, 0.2) is 69.2 Å². The Hall–Kier alpha value is -3.26. The Morgan fingerprint density at radius 1 is 1.31 bits per heavy atom. The van der Waals surface area contributed by atoms with Crippen LogP contribution in [0.2, 0.25) is 0 Å². The number of aromatic nitrogens is 3. The fourth-order valence-corrected chi connectivity index (χ4v) is 4.73. The molecule has 2 aromatic heterocycles. The highest BCUT2D eigenvalue weighted by Crippen LogP contribution is 2.35. The van der Waals surface area contributed by atoms with Crippen molar-refractivity contribution < 1.29 is 5.11 Å². The van der Waals surface area contributed by atoms with Gasteiger partial charge in [0.1, 0.15) is 11.4 Å². The zero-order chi connectivity index (χ0) is 25.4. The summed E-state index contributed by atoms with van der Waals surface area (Å²) in [5, 5.41) is 12.2. The van der Waals surface area contributed by atoms with Crippen LogP contribution in [0, 0.1) is 5.92 Å². The number of fused-ring (bicyclic) bond motifs is 1. The first kappa shape index (κ1) is 26.3. The van der Waals surface area contributed by atoms with Gasteiger partial charge in [0.15, 0.2) is 11.1 Å². The number of aromatic amines is 1. The highest BCUT2D eigenvalue weighted by Gasteiger charge is 2.19. The van der Waals surface area contributed by atoms with Gasteiger partial charge in [-0.25, -0.2) is 9.97 Å². The number of hydrogen-bond donors (Lipinski definition) is 4. The van der Waals surface area contributed by atoms with Crippen LogP contribution in [0.5, 0.6) is 5.75 Å². The van der Waals surface area contributed by atoms with Gasteiger partial charge in [-0.1, -0.05) is 69.0 Å². The minimum atomic E-state index is 0.109. The van der Waals surface area contributed by atoms with Crippen molar-refractivity contribution in [2.45, 2.75) is 58.0 Å². The quantitative estimate of drug-likeness (QED) is 0.151. The molecule has 35 heavy (non-hydrogen) atoms. The molecule has 0 saturated heterocycles. The molecule has 186 valence electrons. The molecule has 0 bridgehead atoms. The van der Waals surface area contributed by atoms with Gasteiger partial charge in [0.25, 0.3) is 0 Å². The number of nitrogens with zero attached hydrogens (tertiary/aromatic N) is 3. The van der Waals surface area contributed by atoms with Crippen molar-refractivity contribution in [1.82, 2.24) is 15.0 Å². The summed E-state index contributed by atoms with van der Waals surface area (Å²) in [6.07, 6.45) is 16.4. The molecule has 0 aliphatic heterocycles. The third-order valence-corrected chi connectivity index (χ3v) is 7.05. The van der Waals surface area contributed by atoms with Gasteiger partial charge in [0.05, 0.1) is 16.8 Å². The summed E-state index contributed by atoms with van der Waals surface area (Å²) in [5.41, 5.74) is 15.5. The lowest BCUT2D eigenvalue weighted by molar-refractivity contribution is 0.470. The van der Waals surface area contributed by atoms with Gasteiger partial charge in [-0.2, -0.15) is 0 Å². The Balaban J connectivity index is 1.93. The van der Waals surface area contributed by atoms with Gasteiger partial charge in [-0.15, -0.1) is 0 Å². The predicted molar refractivity (Wildman–Crippen MR) is 147 cm³/mol. The molecule has 0 radical (unpaired) electrons. The van der Waals surface area contributed by atoms with E-state index in [0.717, 1.165) is 46.7 Å². The van der Waals surface area contributed by atoms with Crippen molar-refractivity contribution in [3.63, 3.8) is 0 Å². The largest absolute Gasteiger partial charge is 0.505 e. The number of thioether (sulfide) groups is 1. The van der Waals surface area contributed by atoms with E-state index in [1.54, 1.807) is 0 Å². The topological polar surface area (TPSA) is 126 Å². The van der Waals surface area contributed by atoms with Gasteiger partial charge in [0.2, 0.25) is 0 Å². The summed E-state index contributed by atoms with van der Waals surface area (Å²) in [6, 6.07) is 0. The lowest BCUT2D eigenvalue weighted by Gasteiger charge is -2.13. The first-order chi connectivity index (χ1) is 16.9. The molecule has 6 N–H and O–H groups in total. The third-order valence-electron chi connectivity index (χ3n) is 6.09. The molecule has 0 saturated carbocycles. The highest BCUT2D eigenvalue weighted by atomic mass is 32.2. The van der Waals surface area contributed by atoms with Crippen molar-refractivity contribution in [3.05, 3.63) is 70.5 Å². The van der Waals surface area contributed by atoms with Crippen LogP contribution in [0.25, 0.3) is 11.0 Å². The summed E-state index contributed by atoms with van der Waals surface area (Å²) in [7, 11) is 0. The number of guanidine groups is 1. The Kier molecular flexibility index (Phi) is 9.37. The number of aromatic hydroxyl groups is 1. The molecular weight excluding hydrogens is 456 g/mol. The Bertz CT molecular complexity index is 1210. The van der Waals surface area contributed by atoms with Crippen molar-refractivity contribution in [3.8, 4) is 5.75 Å². The van der Waals surface area contributed by atoms with Gasteiger partial charge in [-0.3, -0.25) is 4.99 Å². The van der Waals surface area contributed by atoms with Gasteiger partial charge < -0.3 is 21.6 Å². The van der Waals surface area contributed by atoms with E-state index in [9.17, 15) is 5.11 Å². The standard InChI is InChI=1S/C27H36N6OS/c1-5-18(16-30-26(28)29)13-14-22-23-24(34)21(7-3)31-25(23)33-27(32-22)35-20(6-2)15-19-12-10-8-9-11-17(19)4/h6,8-10,12,15,18,34H,4-5,7,11,13-14,16H2,1-3H3,(H4,28,29,30)(H,31,32,33). The van der Waals surface area contributed by atoms with Crippen molar-refractivity contribution in [1.29, 1.82) is 0 Å². The Morgan fingerprint density at radius 2 is 2.11 bits per heavy atom. The van der Waals surface area contributed by atoms with Crippen LogP contribution in [-0.4, -0.2) is 32.6 Å². The second-order valence-corrected chi connectivity index (χ2v) is 9.59. The monoisotopic (exact) mass is 492 g/mol. The number of H-pyrrole nitrogens is 1. The van der Waals surface area contributed by atoms with Crippen LogP contribution < -0.4 is 11.5 Å². The van der Waals surface area contributed by atoms with Crippen LogP contribution in [0.4, 0.5) is 0 Å². The molecule has 1 unspecified atom stereocenters. The van der Waals surface area contributed by atoms with Crippen molar-refractivity contribution in [2.75, 3.05) is 6.54 Å². The van der Waals surface area contributed by atoms with E-state index in [0.29, 0.717) is 41.5 Å². The number of allylic oxidation sites excluding steroid dienone is 8. The second-order valence-electron chi connectivity index (χ2n) is 8.55. The van der Waals surface area contributed by atoms with Gasteiger partial charge in [0, 0.05) is 11.4 Å². The van der Waals surface area contributed by atoms with E-state index in [4.69, 9.17) is 21.4 Å². The van der Waals surface area contributed by atoms with E-state index in [2.05, 4.69) is 47.8 Å². The molecule has 7 nitrogen and oxygen atoms in total. The van der Waals surface area contributed by atoms with Crippen molar-refractivity contribution >= 4 is 28.8 Å². The minimum Gasteiger partial charge on any atom is -0.505 e. The Morgan fingerprint density at radius 3 is 2.80 bits per heavy atom. The molecule has 0 spiro atoms. The summed E-state index contributed by atoms with van der Waals surface area (Å²) in [6.45, 7) is 10.9. The average molecular weight is 493 g/mol. The molecule has 0 fully saturated rings. The predicted octanol–water partition coefficient (Wildman–Crippen LogP) is 5.45. The van der Waals surface area contributed by atoms with E-state index < -0.39 is 0 Å². The number of aliphatic imine (C=N–C) groups is 1. The summed E-state index contributed by atoms with van der Waals surface area (Å²) < 4.78 is 0. The lowest BCUT2D eigenvalue weighted by Crippen LogP contribution is -2.24. The molecule has 2 heterocycles. The van der Waals surface area contributed by atoms with Crippen LogP contribution >= 0.6 is 11.8 Å². The fourth-order valence-electron chi connectivity index (χ4n) is 3.92. The molecule has 2 aromatic rings. The fraction of sp³-hybridized carbons (Fsp3) is 0.370. The van der Waals surface area contributed by atoms with E-state index in [1.807, 2.05) is 26.0 Å². The third kappa shape index (κ3) is 6.88. The number of hydrogen-bond acceptors (Lipinski definition) is 5. The molecule has 1 aliphatic carbocycles. The van der Waals surface area contributed by atoms with E-state index >= 15 is 0 Å². The number of nitrogens with one attached hydrogen (secondary N) is 1. The van der Waals surface area contributed by atoms with Crippen molar-refractivity contribution in [2.24, 2.45) is 22.4 Å². The van der Waals surface area contributed by atoms with Crippen LogP contribution in [-0.2, 0) is 12.8 Å². The molecule has 1 aliphatic rings. The molecule has 0 aromatic carbocycles. The number of nitrogens with two attached hydrogens (primary N) is 2. The van der Waals surface area contributed by atoms with Crippen LogP contribution in [0.1, 0.15) is 51.4 Å². The smallest absolute Gasteiger partial charge is 0.194 e. The first-order valence-electron chi connectivity index (χ1n) is 12.1. The SMILES string of the molecule is C=C1CC=CC=CC1=CC(=CC)Sc1nc(CCC(CC)CN=C(N)N)c2c(O)c(CC)[nH]c2n1. The van der Waals surface area contributed by atoms with Gasteiger partial charge in [-0.05, 0) is 55.7 Å². The van der Waals surface area contributed by atoms with Gasteiger partial charge >= 0.3 is 0 Å². The maximum atomic E-state index is 10.8. The lowest BCUT2D eigenvalue weighted by atomic mass is 9.98.